The van der Waals surface area contributed by atoms with Crippen LogP contribution in [0.4, 0.5) is 0 Å². The molecule has 1 aromatic rings. The zero-order valence-electron chi connectivity index (χ0n) is 12.7. The first-order valence-corrected chi connectivity index (χ1v) is 8.29. The molecule has 0 aliphatic heterocycles. The standard InChI is InChI=1S/C18H27NO/c1-2-3-4-5-6-7-8-11-17(20)16-13-12-15-10-9-14-19-18(15)16/h9-10,14,16H,2-8,11-13H2,1H3. The van der Waals surface area contributed by atoms with Crippen molar-refractivity contribution < 1.29 is 4.79 Å². The summed E-state index contributed by atoms with van der Waals surface area (Å²) in [4.78, 5) is 16.7. The van der Waals surface area contributed by atoms with Gasteiger partial charge in [-0.2, -0.15) is 0 Å². The molecule has 20 heavy (non-hydrogen) atoms. The second-order valence-electron chi connectivity index (χ2n) is 5.98. The summed E-state index contributed by atoms with van der Waals surface area (Å²) in [5.41, 5.74) is 2.34. The minimum atomic E-state index is 0.0892. The van der Waals surface area contributed by atoms with Crippen molar-refractivity contribution in [3.8, 4) is 0 Å². The van der Waals surface area contributed by atoms with Crippen molar-refractivity contribution in [3.63, 3.8) is 0 Å². The normalized spacial score (nSPS) is 17.1. The molecule has 110 valence electrons. The SMILES string of the molecule is CCCCCCCCCC(=O)C1CCc2cccnc21. The van der Waals surface area contributed by atoms with E-state index in [1.165, 1.54) is 44.1 Å². The van der Waals surface area contributed by atoms with Crippen LogP contribution in [-0.4, -0.2) is 10.8 Å². The molecule has 0 spiro atoms. The van der Waals surface area contributed by atoms with Gasteiger partial charge in [0.1, 0.15) is 5.78 Å². The molecule has 2 nitrogen and oxygen atoms in total. The minimum Gasteiger partial charge on any atom is -0.299 e. The van der Waals surface area contributed by atoms with Gasteiger partial charge in [-0.25, -0.2) is 0 Å². The van der Waals surface area contributed by atoms with Crippen molar-refractivity contribution in [2.45, 2.75) is 77.0 Å². The van der Waals surface area contributed by atoms with Gasteiger partial charge in [0.15, 0.2) is 0 Å². The fraction of sp³-hybridized carbons (Fsp3) is 0.667. The lowest BCUT2D eigenvalue weighted by Gasteiger charge is -2.09. The Labute approximate surface area is 123 Å². The van der Waals surface area contributed by atoms with Crippen molar-refractivity contribution in [1.82, 2.24) is 4.98 Å². The number of hydrogen-bond acceptors (Lipinski definition) is 2. The molecule has 0 aromatic carbocycles. The quantitative estimate of drug-likeness (QED) is 0.604. The van der Waals surface area contributed by atoms with Gasteiger partial charge >= 0.3 is 0 Å². The number of pyridine rings is 1. The van der Waals surface area contributed by atoms with Crippen LogP contribution >= 0.6 is 0 Å². The highest BCUT2D eigenvalue weighted by atomic mass is 16.1. The number of Topliss-reactive ketones (excluding diaryl/α,β-unsaturated/α-hetero) is 1. The van der Waals surface area contributed by atoms with Crippen LogP contribution < -0.4 is 0 Å². The van der Waals surface area contributed by atoms with E-state index in [0.29, 0.717) is 5.78 Å². The number of carbonyl (C=O) groups excluding carboxylic acids is 1. The summed E-state index contributed by atoms with van der Waals surface area (Å²) in [5.74, 6) is 0.502. The second kappa shape index (κ2) is 8.18. The first-order chi connectivity index (χ1) is 9.83. The average molecular weight is 273 g/mol. The Balaban J connectivity index is 1.66. The molecule has 0 fully saturated rings. The summed E-state index contributed by atoms with van der Waals surface area (Å²) < 4.78 is 0. The summed E-state index contributed by atoms with van der Waals surface area (Å²) in [7, 11) is 0. The predicted octanol–water partition coefficient (Wildman–Crippen LogP) is 4.82. The Kier molecular flexibility index (Phi) is 6.23. The second-order valence-corrected chi connectivity index (χ2v) is 5.98. The monoisotopic (exact) mass is 273 g/mol. The molecule has 1 aromatic heterocycles. The van der Waals surface area contributed by atoms with E-state index in [4.69, 9.17) is 0 Å². The van der Waals surface area contributed by atoms with E-state index in [0.717, 1.165) is 31.4 Å². The largest absolute Gasteiger partial charge is 0.299 e. The maximum Gasteiger partial charge on any atom is 0.141 e. The highest BCUT2D eigenvalue weighted by molar-refractivity contribution is 5.86. The van der Waals surface area contributed by atoms with Crippen LogP contribution in [0.2, 0.25) is 0 Å². The van der Waals surface area contributed by atoms with Gasteiger partial charge in [-0.15, -0.1) is 0 Å². The molecule has 0 N–H and O–H groups in total. The highest BCUT2D eigenvalue weighted by Gasteiger charge is 2.28. The molecule has 1 unspecified atom stereocenters. The maximum absolute atomic E-state index is 12.3. The van der Waals surface area contributed by atoms with Crippen LogP contribution in [0.5, 0.6) is 0 Å². The number of fused-ring (bicyclic) bond motifs is 1. The first-order valence-electron chi connectivity index (χ1n) is 8.29. The van der Waals surface area contributed by atoms with Gasteiger partial charge in [0.05, 0.1) is 11.6 Å². The summed E-state index contributed by atoms with van der Waals surface area (Å²) in [6, 6.07) is 4.09. The van der Waals surface area contributed by atoms with Gasteiger partial charge in [0.25, 0.3) is 0 Å². The maximum atomic E-state index is 12.3. The molecule has 2 rings (SSSR count). The summed E-state index contributed by atoms with van der Waals surface area (Å²) >= 11 is 0. The van der Waals surface area contributed by atoms with Crippen LogP contribution in [0, 0.1) is 0 Å². The summed E-state index contributed by atoms with van der Waals surface area (Å²) in [5, 5.41) is 0. The molecule has 1 atom stereocenters. The topological polar surface area (TPSA) is 30.0 Å². The lowest BCUT2D eigenvalue weighted by atomic mass is 9.96. The van der Waals surface area contributed by atoms with E-state index in [1.54, 1.807) is 0 Å². The predicted molar refractivity (Wildman–Crippen MR) is 82.9 cm³/mol. The first kappa shape index (κ1) is 15.2. The summed E-state index contributed by atoms with van der Waals surface area (Å²) in [6.07, 6.45) is 13.4. The molecule has 1 aliphatic rings. The molecule has 1 heterocycles. The van der Waals surface area contributed by atoms with Crippen LogP contribution in [0.25, 0.3) is 0 Å². The number of rotatable bonds is 9. The third-order valence-corrected chi connectivity index (χ3v) is 4.37. The number of aromatic nitrogens is 1. The number of ketones is 1. The fourth-order valence-electron chi connectivity index (χ4n) is 3.16. The Bertz CT molecular complexity index is 427. The van der Waals surface area contributed by atoms with Gasteiger partial charge in [-0.3, -0.25) is 9.78 Å². The molecule has 0 radical (unpaired) electrons. The van der Waals surface area contributed by atoms with Crippen LogP contribution in [-0.2, 0) is 11.2 Å². The minimum absolute atomic E-state index is 0.0892. The zero-order chi connectivity index (χ0) is 14.2. The van der Waals surface area contributed by atoms with E-state index >= 15 is 0 Å². The summed E-state index contributed by atoms with van der Waals surface area (Å²) in [6.45, 7) is 2.24. The molecule has 0 saturated carbocycles. The Morgan fingerprint density at radius 1 is 1.20 bits per heavy atom. The number of unbranched alkanes of at least 4 members (excludes halogenated alkanes) is 6. The van der Waals surface area contributed by atoms with E-state index < -0.39 is 0 Å². The van der Waals surface area contributed by atoms with Gasteiger partial charge < -0.3 is 0 Å². The van der Waals surface area contributed by atoms with E-state index in [1.807, 2.05) is 12.3 Å². The molecule has 1 aliphatic carbocycles. The van der Waals surface area contributed by atoms with Crippen molar-refractivity contribution in [2.24, 2.45) is 0 Å². The van der Waals surface area contributed by atoms with Crippen molar-refractivity contribution in [2.75, 3.05) is 0 Å². The number of carbonyl (C=O) groups is 1. The molecule has 0 saturated heterocycles. The van der Waals surface area contributed by atoms with Crippen molar-refractivity contribution >= 4 is 5.78 Å². The Hall–Kier alpha value is -1.18. The molecular weight excluding hydrogens is 246 g/mol. The Morgan fingerprint density at radius 3 is 2.75 bits per heavy atom. The van der Waals surface area contributed by atoms with Gasteiger partial charge in [0.2, 0.25) is 0 Å². The van der Waals surface area contributed by atoms with Gasteiger partial charge in [-0.05, 0) is 30.9 Å². The van der Waals surface area contributed by atoms with Crippen molar-refractivity contribution in [1.29, 1.82) is 0 Å². The van der Waals surface area contributed by atoms with E-state index in [2.05, 4.69) is 18.0 Å². The fourth-order valence-corrected chi connectivity index (χ4v) is 3.16. The molecule has 0 bridgehead atoms. The number of aryl methyl sites for hydroxylation is 1. The lowest BCUT2D eigenvalue weighted by Crippen LogP contribution is -2.10. The van der Waals surface area contributed by atoms with Crippen LogP contribution in [0.3, 0.4) is 0 Å². The number of nitrogens with zero attached hydrogens (tertiary/aromatic N) is 1. The lowest BCUT2D eigenvalue weighted by molar-refractivity contribution is -0.120. The van der Waals surface area contributed by atoms with Crippen LogP contribution in [0.1, 0.15) is 81.9 Å². The Morgan fingerprint density at radius 2 is 1.95 bits per heavy atom. The molecule has 2 heteroatoms. The van der Waals surface area contributed by atoms with E-state index in [9.17, 15) is 4.79 Å². The van der Waals surface area contributed by atoms with E-state index in [-0.39, 0.29) is 5.92 Å². The van der Waals surface area contributed by atoms with Crippen molar-refractivity contribution in [3.05, 3.63) is 29.6 Å². The van der Waals surface area contributed by atoms with Gasteiger partial charge in [-0.1, -0.05) is 51.5 Å². The average Bonchev–Trinajstić information content (AvgIpc) is 2.90. The van der Waals surface area contributed by atoms with Gasteiger partial charge in [0, 0.05) is 12.6 Å². The zero-order valence-corrected chi connectivity index (χ0v) is 12.7. The number of hydrogen-bond donors (Lipinski definition) is 0. The third kappa shape index (κ3) is 4.16. The molecular formula is C18H27NO. The van der Waals surface area contributed by atoms with Crippen LogP contribution in [0.15, 0.2) is 18.3 Å². The third-order valence-electron chi connectivity index (χ3n) is 4.37. The molecule has 0 amide bonds. The highest BCUT2D eigenvalue weighted by Crippen LogP contribution is 2.32. The smallest absolute Gasteiger partial charge is 0.141 e.